The van der Waals surface area contributed by atoms with Crippen LogP contribution in [0.2, 0.25) is 10.0 Å². The first-order valence-electron chi connectivity index (χ1n) is 21.5. The van der Waals surface area contributed by atoms with E-state index >= 15 is 0 Å². The Hall–Kier alpha value is -6.68. The number of H-pyrrole nitrogens is 2. The Morgan fingerprint density at radius 1 is 0.703 bits per heavy atom. The SMILES string of the molecule is CC(C(=O)Nc1cc(-c2nnc(Nc3ccc4[nH]ncc4c3Cl)s2)ccn1)c1ccc(F)cc1.CC(C(=O)Nc1cc(C(=O)NNC(=S)Cc2ccc3[nH]ncc3c2Cl)ccn1)c1ccc(F)cc1.O=P(Cl)(Cl)Cl. The van der Waals surface area contributed by atoms with Crippen LogP contribution < -0.4 is 26.8 Å². The molecule has 0 radical (unpaired) electrons. The minimum atomic E-state index is -3.22. The number of pyridine rings is 2. The Morgan fingerprint density at radius 3 is 1.81 bits per heavy atom. The summed E-state index contributed by atoms with van der Waals surface area (Å²) in [5.74, 6) is -2.20. The zero-order valence-electron chi connectivity index (χ0n) is 38.1. The molecule has 0 spiro atoms. The summed E-state index contributed by atoms with van der Waals surface area (Å²) >= 11 is 33.4. The molecular weight excluding hydrogens is 1120 g/mol. The fourth-order valence-corrected chi connectivity index (χ4v) is 8.21. The second kappa shape index (κ2) is 25.0. The molecule has 0 bridgehead atoms. The second-order valence-corrected chi connectivity index (χ2v) is 24.5. The maximum atomic E-state index is 13.2. The molecule has 9 aromatic rings. The highest BCUT2D eigenvalue weighted by molar-refractivity contribution is 8.24. The van der Waals surface area contributed by atoms with E-state index in [1.165, 1.54) is 53.9 Å². The lowest BCUT2D eigenvalue weighted by molar-refractivity contribution is -0.118. The van der Waals surface area contributed by atoms with E-state index in [0.717, 1.165) is 32.9 Å². The fourth-order valence-electron chi connectivity index (χ4n) is 6.71. The highest BCUT2D eigenvalue weighted by Crippen LogP contribution is 2.61. The predicted molar refractivity (Wildman–Crippen MR) is 292 cm³/mol. The van der Waals surface area contributed by atoms with Crippen LogP contribution in [0.5, 0.6) is 0 Å². The summed E-state index contributed by atoms with van der Waals surface area (Å²) in [5.41, 5.74) is 10.8. The monoisotopic (exact) mass is 1160 g/mol. The average molecular weight is 1160 g/mol. The van der Waals surface area contributed by atoms with Gasteiger partial charge in [0, 0.05) is 40.7 Å². The third-order valence-electron chi connectivity index (χ3n) is 10.6. The third-order valence-corrected chi connectivity index (χ3v) is 12.6. The Balaban J connectivity index is 0.000000198. The number of hydrogen-bond donors (Lipinski definition) is 7. The number of aromatic amines is 2. The molecule has 27 heteroatoms. The zero-order valence-corrected chi connectivity index (χ0v) is 44.4. The summed E-state index contributed by atoms with van der Waals surface area (Å²) in [6, 6.07) is 25.4. The minimum absolute atomic E-state index is 0.208. The molecule has 0 aliphatic rings. The van der Waals surface area contributed by atoms with Gasteiger partial charge >= 0.3 is 5.20 Å². The molecule has 0 saturated carbocycles. The number of benzene rings is 4. The summed E-state index contributed by atoms with van der Waals surface area (Å²) in [5, 5.41) is 31.5. The molecule has 3 amide bonds. The van der Waals surface area contributed by atoms with Crippen molar-refractivity contribution in [3.05, 3.63) is 166 Å². The normalized spacial score (nSPS) is 11.8. The number of hydrogen-bond acceptors (Lipinski definition) is 13. The number of halogens is 7. The number of carbonyl (C=O) groups excluding carboxylic acids is 3. The molecule has 7 N–H and O–H groups in total. The largest absolute Gasteiger partial charge is 0.339 e. The molecule has 5 aromatic heterocycles. The van der Waals surface area contributed by atoms with E-state index in [2.05, 4.69) is 101 Å². The highest BCUT2D eigenvalue weighted by atomic mass is 36.0. The molecule has 4 aromatic carbocycles. The Morgan fingerprint density at radius 2 is 1.23 bits per heavy atom. The lowest BCUT2D eigenvalue weighted by atomic mass is 10.0. The quantitative estimate of drug-likeness (QED) is 0.0343. The van der Waals surface area contributed by atoms with Crippen LogP contribution in [0.25, 0.3) is 32.4 Å². The summed E-state index contributed by atoms with van der Waals surface area (Å²) in [6.07, 6.45) is 6.61. The van der Waals surface area contributed by atoms with Crippen molar-refractivity contribution in [2.24, 2.45) is 0 Å². The van der Waals surface area contributed by atoms with Crippen molar-refractivity contribution in [1.82, 2.24) is 51.4 Å². The number of carbonyl (C=O) groups is 3. The van der Waals surface area contributed by atoms with Crippen LogP contribution in [0.15, 0.2) is 122 Å². The molecule has 74 heavy (non-hydrogen) atoms. The maximum Gasteiger partial charge on any atom is 0.339 e. The summed E-state index contributed by atoms with van der Waals surface area (Å²) < 4.78 is 35.8. The first kappa shape index (κ1) is 55.1. The minimum Gasteiger partial charge on any atom is -0.329 e. The van der Waals surface area contributed by atoms with Gasteiger partial charge in [0.25, 0.3) is 5.91 Å². The summed E-state index contributed by atoms with van der Waals surface area (Å²) in [6.45, 7) is 3.45. The van der Waals surface area contributed by atoms with Crippen molar-refractivity contribution in [1.29, 1.82) is 0 Å². The van der Waals surface area contributed by atoms with Crippen LogP contribution in [0.1, 0.15) is 52.7 Å². The van der Waals surface area contributed by atoms with E-state index in [0.29, 0.717) is 54.2 Å². The van der Waals surface area contributed by atoms with Gasteiger partial charge in [-0.1, -0.05) is 77.1 Å². The van der Waals surface area contributed by atoms with Gasteiger partial charge in [-0.05, 0) is 131 Å². The molecule has 9 rings (SSSR count). The molecular formula is C47H37Cl5F2N13O4PS2. The Bertz CT molecular complexity index is 3520. The lowest BCUT2D eigenvalue weighted by Crippen LogP contribution is -2.41. The van der Waals surface area contributed by atoms with Gasteiger partial charge in [0.15, 0.2) is 0 Å². The molecule has 0 saturated heterocycles. The van der Waals surface area contributed by atoms with Gasteiger partial charge in [-0.15, -0.1) is 10.2 Å². The van der Waals surface area contributed by atoms with Gasteiger partial charge in [-0.25, -0.2) is 18.7 Å². The van der Waals surface area contributed by atoms with Crippen molar-refractivity contribution in [2.45, 2.75) is 32.1 Å². The highest BCUT2D eigenvalue weighted by Gasteiger charge is 2.19. The van der Waals surface area contributed by atoms with Gasteiger partial charge in [0.1, 0.15) is 28.3 Å². The summed E-state index contributed by atoms with van der Waals surface area (Å²) in [4.78, 5) is 46.5. The fraction of sp³-hybridized carbons (Fsp3) is 0.106. The third kappa shape index (κ3) is 15.2. The van der Waals surface area contributed by atoms with Crippen molar-refractivity contribution in [3.8, 4) is 10.6 Å². The number of nitrogens with one attached hydrogen (secondary N) is 7. The van der Waals surface area contributed by atoms with Crippen LogP contribution >= 0.6 is 85.7 Å². The molecule has 2 unspecified atom stereocenters. The molecule has 0 aliphatic carbocycles. The van der Waals surface area contributed by atoms with Crippen LogP contribution in [0, 0.1) is 11.6 Å². The van der Waals surface area contributed by atoms with E-state index in [-0.39, 0.29) is 34.8 Å². The second-order valence-electron chi connectivity index (χ2n) is 15.6. The number of thiocarbonyl (C=S) groups is 1. The summed E-state index contributed by atoms with van der Waals surface area (Å²) in [7, 11) is 0. The van der Waals surface area contributed by atoms with Crippen LogP contribution in [-0.4, -0.2) is 63.3 Å². The molecule has 0 fully saturated rings. The van der Waals surface area contributed by atoms with Crippen LogP contribution in [0.4, 0.5) is 31.2 Å². The first-order valence-corrected chi connectivity index (χ1v) is 27.9. The predicted octanol–water partition coefficient (Wildman–Crippen LogP) is 12.9. The first-order chi connectivity index (χ1) is 35.3. The number of fused-ring (bicyclic) bond motifs is 2. The van der Waals surface area contributed by atoms with E-state index in [1.807, 2.05) is 24.3 Å². The van der Waals surface area contributed by atoms with E-state index in [4.69, 9.17) is 35.4 Å². The average Bonchev–Trinajstić information content (AvgIpc) is 4.18. The Labute approximate surface area is 453 Å². The topological polar surface area (TPSA) is 237 Å². The zero-order chi connectivity index (χ0) is 53.1. The van der Waals surface area contributed by atoms with Crippen LogP contribution in [-0.2, 0) is 20.6 Å². The standard InChI is InChI=1S/C24H20ClFN6O2S.C23H17ClFN7OS.Cl3OP/c1-13(14-2-5-17(26)6-3-14)23(33)29-20-10-16(8-9-27-20)24(34)32-31-21(35)11-15-4-7-19-18(22(15)25)12-28-30-19;1-12(13-2-4-15(25)5-3-13)21(33)29-19-10-14(8-9-26-19)22-31-32-23(34-22)28-18-7-6-17-16(20(18)24)11-27-30-17;1-5(2,3)4/h2-10,12-13H,11H2,1H3,(H,28,30)(H,31,35)(H,32,34)(H,27,29,33);2-12H,1H3,(H,27,30)(H,28,32)(H,26,29,33);. The molecule has 0 aliphatic heterocycles. The molecule has 5 heterocycles. The number of amides is 3. The van der Waals surface area contributed by atoms with Crippen molar-refractivity contribution in [3.63, 3.8) is 0 Å². The van der Waals surface area contributed by atoms with E-state index in [9.17, 15) is 27.7 Å². The number of hydrazine groups is 1. The van der Waals surface area contributed by atoms with Gasteiger partial charge < -0.3 is 16.0 Å². The number of anilines is 4. The number of rotatable bonds is 12. The molecule has 2 atom stereocenters. The van der Waals surface area contributed by atoms with Gasteiger partial charge in [0.05, 0.1) is 56.0 Å². The van der Waals surface area contributed by atoms with Gasteiger partial charge in [-0.3, -0.25) is 40.0 Å². The van der Waals surface area contributed by atoms with Gasteiger partial charge in [-0.2, -0.15) is 10.2 Å². The van der Waals surface area contributed by atoms with Crippen molar-refractivity contribution >= 4 is 153 Å². The maximum absolute atomic E-state index is 13.2. The van der Waals surface area contributed by atoms with E-state index < -0.39 is 22.9 Å². The lowest BCUT2D eigenvalue weighted by Gasteiger charge is -2.13. The van der Waals surface area contributed by atoms with Crippen molar-refractivity contribution in [2.75, 3.05) is 16.0 Å². The van der Waals surface area contributed by atoms with Crippen molar-refractivity contribution < 1.29 is 27.7 Å². The smallest absolute Gasteiger partial charge is 0.329 e. The van der Waals surface area contributed by atoms with E-state index in [1.54, 1.807) is 68.8 Å². The van der Waals surface area contributed by atoms with Gasteiger partial charge in [0.2, 0.25) is 16.9 Å². The Kier molecular flexibility index (Phi) is 18.6. The molecule has 380 valence electrons. The number of nitrogens with zero attached hydrogens (tertiary/aromatic N) is 6. The van der Waals surface area contributed by atoms with Crippen LogP contribution in [0.3, 0.4) is 0 Å². The molecule has 17 nitrogen and oxygen atoms in total. The number of aromatic nitrogens is 8.